The van der Waals surface area contributed by atoms with E-state index in [4.69, 9.17) is 0 Å². The molecule has 0 bridgehead atoms. The van der Waals surface area contributed by atoms with Crippen molar-refractivity contribution in [1.29, 1.82) is 10.5 Å². The Kier molecular flexibility index (Phi) is 7.88. The summed E-state index contributed by atoms with van der Waals surface area (Å²) in [5, 5.41) is 19.8. The maximum absolute atomic E-state index is 16.4. The molecule has 2 heterocycles. The summed E-state index contributed by atoms with van der Waals surface area (Å²) >= 11 is 0. The van der Waals surface area contributed by atoms with Gasteiger partial charge in [0.1, 0.15) is 40.5 Å². The van der Waals surface area contributed by atoms with Gasteiger partial charge in [-0.1, -0.05) is 0 Å². The quantitative estimate of drug-likeness (QED) is 0.313. The van der Waals surface area contributed by atoms with Crippen molar-refractivity contribution in [2.24, 2.45) is 35.5 Å². The smallest absolute Gasteiger partial charge is 0.299 e. The Morgan fingerprint density at radius 1 is 0.574 bits per heavy atom. The maximum Gasteiger partial charge on any atom is 0.433 e. The predicted octanol–water partition coefficient (Wildman–Crippen LogP) is 7.07. The highest BCUT2D eigenvalue weighted by atomic mass is 19.4. The van der Waals surface area contributed by atoms with Gasteiger partial charge >= 0.3 is 24.7 Å². The number of alkyl halides is 13. The fourth-order valence-electron chi connectivity index (χ4n) is 7.16. The van der Waals surface area contributed by atoms with Crippen molar-refractivity contribution in [2.75, 3.05) is 0 Å². The molecule has 0 spiro atoms. The van der Waals surface area contributed by atoms with Gasteiger partial charge in [-0.2, -0.15) is 63.2 Å². The average Bonchev–Trinajstić information content (AvgIpc) is 3.41. The van der Waals surface area contributed by atoms with Crippen LogP contribution >= 0.6 is 0 Å². The Morgan fingerprint density at radius 2 is 0.851 bits per heavy atom. The van der Waals surface area contributed by atoms with Gasteiger partial charge in [0.2, 0.25) is 0 Å². The second kappa shape index (κ2) is 10.9. The molecule has 0 aromatic carbocycles. The second-order valence-corrected chi connectivity index (χ2v) is 11.5. The van der Waals surface area contributed by atoms with E-state index < -0.39 is 130 Å². The summed E-state index contributed by atoms with van der Waals surface area (Å²) in [6, 6.07) is 3.48. The number of carbonyl (C=O) groups is 2. The van der Waals surface area contributed by atoms with Crippen LogP contribution in [0.15, 0.2) is 24.3 Å². The van der Waals surface area contributed by atoms with Gasteiger partial charge in [-0.05, 0) is 41.8 Å². The molecule has 3 aliphatic carbocycles. The topological polar surface area (TPSA) is 108 Å². The number of fused-ring (bicyclic) bond motifs is 2. The molecule has 2 aromatic heterocycles. The first-order valence-electron chi connectivity index (χ1n) is 13.3. The Labute approximate surface area is 254 Å². The Bertz CT molecular complexity index is 1530. The van der Waals surface area contributed by atoms with Crippen LogP contribution in [0.4, 0.5) is 57.1 Å². The van der Waals surface area contributed by atoms with Crippen molar-refractivity contribution in [3.8, 4) is 12.1 Å². The lowest BCUT2D eigenvalue weighted by atomic mass is 9.65. The summed E-state index contributed by atoms with van der Waals surface area (Å²) < 4.78 is 178. The molecule has 3 fully saturated rings. The third kappa shape index (κ3) is 5.67. The highest BCUT2D eigenvalue weighted by Crippen LogP contribution is 2.61. The Hall–Kier alpha value is -4.29. The van der Waals surface area contributed by atoms with Gasteiger partial charge < -0.3 is 0 Å². The number of halogens is 13. The van der Waals surface area contributed by atoms with Crippen molar-refractivity contribution in [3.63, 3.8) is 0 Å². The molecule has 0 aliphatic heterocycles. The van der Waals surface area contributed by atoms with Crippen molar-refractivity contribution in [2.45, 2.75) is 49.1 Å². The summed E-state index contributed by atoms with van der Waals surface area (Å²) in [7, 11) is 0. The fraction of sp³-hybridized carbons (Fsp3) is 0.500. The largest absolute Gasteiger partial charge is 0.433 e. The van der Waals surface area contributed by atoms with Crippen LogP contribution in [0.5, 0.6) is 0 Å². The highest BCUT2D eigenvalue weighted by Gasteiger charge is 2.66. The van der Waals surface area contributed by atoms with E-state index in [-0.39, 0.29) is 24.3 Å². The SMILES string of the molecule is N#CC1C(c2cc(C(F)(F)F)nc(C(F)(F)F)c2)C(=O)C2CC3C(=O)C(c4cc(C(F)(F)F)nc(C(F)(F)F)c4)C(C#N)C3C(F)C21. The molecule has 0 radical (unpaired) electrons. The zero-order valence-electron chi connectivity index (χ0n) is 22.7. The number of pyridine rings is 2. The maximum atomic E-state index is 16.4. The number of hydrogen-bond donors (Lipinski definition) is 0. The van der Waals surface area contributed by atoms with E-state index in [1.807, 2.05) is 0 Å². The summed E-state index contributed by atoms with van der Waals surface area (Å²) in [4.78, 5) is 32.2. The molecule has 0 amide bonds. The Morgan fingerprint density at radius 3 is 1.09 bits per heavy atom. The third-order valence-electron chi connectivity index (χ3n) is 8.94. The molecular weight excluding hydrogens is 671 g/mol. The van der Waals surface area contributed by atoms with Crippen molar-refractivity contribution in [1.82, 2.24) is 9.97 Å². The third-order valence-corrected chi connectivity index (χ3v) is 8.94. The van der Waals surface area contributed by atoms with Gasteiger partial charge in [-0.25, -0.2) is 14.4 Å². The lowest BCUT2D eigenvalue weighted by molar-refractivity contribution is -0.151. The fourth-order valence-corrected chi connectivity index (χ4v) is 7.16. The molecule has 8 atom stereocenters. The van der Waals surface area contributed by atoms with Crippen LogP contribution in [0.25, 0.3) is 0 Å². The molecular formula is C28H15F13N4O2. The van der Waals surface area contributed by atoms with Crippen molar-refractivity contribution in [3.05, 3.63) is 58.2 Å². The molecule has 250 valence electrons. The van der Waals surface area contributed by atoms with Crippen LogP contribution in [0.3, 0.4) is 0 Å². The molecule has 3 aliphatic rings. The normalized spacial score (nSPS) is 31.3. The Balaban J connectivity index is 1.58. The number of aromatic nitrogens is 2. The van der Waals surface area contributed by atoms with Crippen molar-refractivity contribution < 1.29 is 66.7 Å². The summed E-state index contributed by atoms with van der Waals surface area (Å²) in [6.07, 6.45) is -25.0. The number of ketones is 2. The minimum Gasteiger partial charge on any atom is -0.299 e. The van der Waals surface area contributed by atoms with Crippen LogP contribution in [-0.2, 0) is 34.3 Å². The first-order valence-corrected chi connectivity index (χ1v) is 13.3. The van der Waals surface area contributed by atoms with Gasteiger partial charge in [0.15, 0.2) is 0 Å². The molecule has 47 heavy (non-hydrogen) atoms. The highest BCUT2D eigenvalue weighted by molar-refractivity contribution is 5.95. The van der Waals surface area contributed by atoms with Crippen LogP contribution in [0.1, 0.15) is 52.2 Å². The van der Waals surface area contributed by atoms with Gasteiger partial charge in [0, 0.05) is 23.7 Å². The number of nitriles is 2. The minimum atomic E-state index is -5.45. The standard InChI is InChI=1S/C28H15F13N4O2/c29-22-20-10(23(46)18(12(20)6-42)8-1-14(25(30,31)32)44-15(2-8)26(33,34)35)5-11-21(22)13(7-43)19(24(11)47)9-3-16(27(36,37)38)45-17(4-9)28(39,40)41/h1-4,10-13,18-22H,5H2. The van der Waals surface area contributed by atoms with E-state index in [1.165, 1.54) is 12.1 Å². The summed E-state index contributed by atoms with van der Waals surface area (Å²) in [5.74, 6) is -17.4. The number of rotatable bonds is 2. The monoisotopic (exact) mass is 686 g/mol. The first kappa shape index (κ1) is 34.1. The number of carbonyl (C=O) groups excluding carboxylic acids is 2. The first-order chi connectivity index (χ1) is 21.5. The molecule has 8 unspecified atom stereocenters. The van der Waals surface area contributed by atoms with Gasteiger partial charge in [-0.15, -0.1) is 0 Å². The van der Waals surface area contributed by atoms with Crippen molar-refractivity contribution >= 4 is 11.6 Å². The number of hydrogen-bond acceptors (Lipinski definition) is 6. The van der Waals surface area contributed by atoms with Gasteiger partial charge in [0.25, 0.3) is 0 Å². The van der Waals surface area contributed by atoms with E-state index >= 15 is 4.39 Å². The molecule has 2 aromatic rings. The number of nitrogens with zero attached hydrogens (tertiary/aromatic N) is 4. The molecule has 19 heteroatoms. The average molecular weight is 686 g/mol. The van der Waals surface area contributed by atoms with E-state index in [0.29, 0.717) is 0 Å². The zero-order valence-corrected chi connectivity index (χ0v) is 22.7. The molecule has 5 rings (SSSR count). The molecule has 3 saturated carbocycles. The van der Waals surface area contributed by atoms with Crippen LogP contribution in [0.2, 0.25) is 0 Å². The summed E-state index contributed by atoms with van der Waals surface area (Å²) in [5.41, 5.74) is -10.2. The lowest BCUT2D eigenvalue weighted by Crippen LogP contribution is -2.44. The predicted molar refractivity (Wildman–Crippen MR) is 126 cm³/mol. The molecule has 6 nitrogen and oxygen atoms in total. The zero-order chi connectivity index (χ0) is 35.2. The van der Waals surface area contributed by atoms with Crippen LogP contribution in [-0.4, -0.2) is 27.7 Å². The van der Waals surface area contributed by atoms with Crippen LogP contribution in [0, 0.1) is 58.2 Å². The minimum absolute atomic E-state index is 0.104. The van der Waals surface area contributed by atoms with E-state index in [0.717, 1.165) is 0 Å². The second-order valence-electron chi connectivity index (χ2n) is 11.5. The van der Waals surface area contributed by atoms with E-state index in [1.54, 1.807) is 0 Å². The van der Waals surface area contributed by atoms with Crippen LogP contribution < -0.4 is 0 Å². The number of Topliss-reactive ketones (excluding diaryl/α,β-unsaturated/α-hetero) is 2. The van der Waals surface area contributed by atoms with E-state index in [2.05, 4.69) is 9.97 Å². The summed E-state index contributed by atoms with van der Waals surface area (Å²) in [6.45, 7) is 0. The lowest BCUT2D eigenvalue weighted by Gasteiger charge is -2.38. The molecule has 0 saturated heterocycles. The van der Waals surface area contributed by atoms with E-state index in [9.17, 15) is 72.8 Å². The van der Waals surface area contributed by atoms with Gasteiger partial charge in [0.05, 0.1) is 35.8 Å². The van der Waals surface area contributed by atoms with Gasteiger partial charge in [-0.3, -0.25) is 9.59 Å². The molecule has 0 N–H and O–H groups in total.